The van der Waals surface area contributed by atoms with Crippen LogP contribution in [-0.4, -0.2) is 37.2 Å². The van der Waals surface area contributed by atoms with Crippen molar-refractivity contribution in [3.8, 4) is 0 Å². The number of esters is 3. The quantitative estimate of drug-likeness (QED) is 0.0261. The van der Waals surface area contributed by atoms with E-state index < -0.39 is 6.10 Å². The molecular weight excluding hydrogens is 877 g/mol. The van der Waals surface area contributed by atoms with Crippen molar-refractivity contribution in [2.75, 3.05) is 13.2 Å². The Balaban J connectivity index is 4.07. The molecule has 0 bridgehead atoms. The van der Waals surface area contributed by atoms with Crippen LogP contribution in [0.4, 0.5) is 0 Å². The van der Waals surface area contributed by atoms with Gasteiger partial charge in [-0.2, -0.15) is 0 Å². The number of carbonyl (C=O) groups is 3. The number of carbonyl (C=O) groups excluding carboxylic acids is 3. The first-order valence-corrected chi connectivity index (χ1v) is 31.8. The van der Waals surface area contributed by atoms with Gasteiger partial charge in [0.1, 0.15) is 13.2 Å². The van der Waals surface area contributed by atoms with Crippen LogP contribution < -0.4 is 0 Å². The van der Waals surface area contributed by atoms with Crippen LogP contribution in [0, 0.1) is 0 Å². The predicted octanol–water partition coefficient (Wildman–Crippen LogP) is 21.4. The van der Waals surface area contributed by atoms with Crippen molar-refractivity contribution < 1.29 is 28.6 Å². The molecule has 6 nitrogen and oxygen atoms in total. The van der Waals surface area contributed by atoms with Gasteiger partial charge >= 0.3 is 17.9 Å². The number of unbranched alkanes of at least 4 members (excludes halogenated alkanes) is 44. The largest absolute Gasteiger partial charge is 0.462 e. The Morgan fingerprint density at radius 2 is 0.535 bits per heavy atom. The summed E-state index contributed by atoms with van der Waals surface area (Å²) in [6.07, 6.45) is 72.1. The van der Waals surface area contributed by atoms with Crippen LogP contribution in [0.15, 0.2) is 24.3 Å². The molecule has 0 aromatic carbocycles. The van der Waals surface area contributed by atoms with Gasteiger partial charge in [-0.25, -0.2) is 0 Å². The van der Waals surface area contributed by atoms with Crippen molar-refractivity contribution in [3.63, 3.8) is 0 Å². The van der Waals surface area contributed by atoms with E-state index in [9.17, 15) is 14.4 Å². The van der Waals surface area contributed by atoms with Crippen LogP contribution in [0.2, 0.25) is 0 Å². The summed E-state index contributed by atoms with van der Waals surface area (Å²) in [4.78, 5) is 38.1. The zero-order valence-corrected chi connectivity index (χ0v) is 48.0. The molecule has 1 unspecified atom stereocenters. The average Bonchev–Trinajstić information content (AvgIpc) is 3.37. The topological polar surface area (TPSA) is 78.9 Å². The zero-order valence-electron chi connectivity index (χ0n) is 48.0. The minimum absolute atomic E-state index is 0.0717. The van der Waals surface area contributed by atoms with Gasteiger partial charge in [0, 0.05) is 19.3 Å². The lowest BCUT2D eigenvalue weighted by Crippen LogP contribution is -2.30. The highest BCUT2D eigenvalue weighted by Crippen LogP contribution is 2.18. The number of hydrogen-bond donors (Lipinski definition) is 0. The highest BCUT2D eigenvalue weighted by molar-refractivity contribution is 5.71. The van der Waals surface area contributed by atoms with Crippen molar-refractivity contribution in [1.29, 1.82) is 0 Å². The molecule has 71 heavy (non-hydrogen) atoms. The van der Waals surface area contributed by atoms with Crippen LogP contribution in [-0.2, 0) is 28.6 Å². The second-order valence-electron chi connectivity index (χ2n) is 21.7. The number of hydrogen-bond acceptors (Lipinski definition) is 6. The van der Waals surface area contributed by atoms with Crippen molar-refractivity contribution in [3.05, 3.63) is 24.3 Å². The lowest BCUT2D eigenvalue weighted by molar-refractivity contribution is -0.167. The summed E-state index contributed by atoms with van der Waals surface area (Å²) >= 11 is 0. The molecule has 418 valence electrons. The highest BCUT2D eigenvalue weighted by Gasteiger charge is 2.19. The fraction of sp³-hybridized carbons (Fsp3) is 0.892. The second kappa shape index (κ2) is 60.4. The van der Waals surface area contributed by atoms with Gasteiger partial charge in [-0.05, 0) is 44.9 Å². The van der Waals surface area contributed by atoms with Crippen molar-refractivity contribution in [2.45, 2.75) is 361 Å². The summed E-state index contributed by atoms with van der Waals surface area (Å²) in [5.74, 6) is -0.865. The van der Waals surface area contributed by atoms with Gasteiger partial charge < -0.3 is 14.2 Å². The van der Waals surface area contributed by atoms with Crippen LogP contribution in [0.3, 0.4) is 0 Å². The predicted molar refractivity (Wildman–Crippen MR) is 307 cm³/mol. The van der Waals surface area contributed by atoms with Crippen molar-refractivity contribution >= 4 is 17.9 Å². The molecule has 1 atom stereocenters. The first-order chi connectivity index (χ1) is 35.0. The van der Waals surface area contributed by atoms with Crippen LogP contribution >= 0.6 is 0 Å². The Labute approximate surface area is 443 Å². The first kappa shape index (κ1) is 68.9. The number of rotatable bonds is 59. The Kier molecular flexibility index (Phi) is 58.6. The normalized spacial score (nSPS) is 12.1. The maximum absolute atomic E-state index is 12.8. The van der Waals surface area contributed by atoms with Crippen LogP contribution in [0.1, 0.15) is 355 Å². The van der Waals surface area contributed by atoms with Crippen LogP contribution in [0.25, 0.3) is 0 Å². The summed E-state index contributed by atoms with van der Waals surface area (Å²) in [6, 6.07) is 0. The molecule has 0 rings (SSSR count). The molecule has 0 saturated heterocycles. The number of allylic oxidation sites excluding steroid dienone is 4. The van der Waals surface area contributed by atoms with Gasteiger partial charge in [-0.15, -0.1) is 0 Å². The molecule has 0 radical (unpaired) electrons. The molecule has 0 aromatic heterocycles. The van der Waals surface area contributed by atoms with Crippen molar-refractivity contribution in [1.82, 2.24) is 0 Å². The van der Waals surface area contributed by atoms with E-state index in [0.717, 1.165) is 89.9 Å². The van der Waals surface area contributed by atoms with E-state index in [1.807, 2.05) is 0 Å². The maximum Gasteiger partial charge on any atom is 0.306 e. The molecule has 0 aliphatic carbocycles. The maximum atomic E-state index is 12.8. The fourth-order valence-corrected chi connectivity index (χ4v) is 9.66. The lowest BCUT2D eigenvalue weighted by atomic mass is 10.0. The first-order valence-electron chi connectivity index (χ1n) is 31.8. The standard InChI is InChI=1S/C65H122O6/c1-4-7-10-13-16-19-22-24-25-26-27-28-29-30-31-32-33-34-35-36-37-38-39-41-43-46-49-52-55-58-64(67)70-61-62(60-69-63(66)57-54-51-48-45-42-21-18-15-12-9-6-3)71-65(68)59-56-53-50-47-44-40-23-20-17-14-11-8-5-2/h11,14,20,23,62H,4-10,12-13,15-19,21-22,24-61H2,1-3H3/b14-11-,23-20-. The third-order valence-electron chi connectivity index (χ3n) is 14.4. The fourth-order valence-electron chi connectivity index (χ4n) is 9.66. The molecule has 0 aromatic rings. The summed E-state index contributed by atoms with van der Waals surface area (Å²) in [5.41, 5.74) is 0. The monoisotopic (exact) mass is 999 g/mol. The smallest absolute Gasteiger partial charge is 0.306 e. The van der Waals surface area contributed by atoms with E-state index in [2.05, 4.69) is 45.1 Å². The third-order valence-corrected chi connectivity index (χ3v) is 14.4. The molecule has 0 saturated carbocycles. The molecule has 0 heterocycles. The number of ether oxygens (including phenoxy) is 3. The van der Waals surface area contributed by atoms with E-state index in [1.165, 1.54) is 225 Å². The zero-order chi connectivity index (χ0) is 51.4. The third kappa shape index (κ3) is 58.7. The minimum atomic E-state index is -0.773. The molecule has 0 amide bonds. The minimum Gasteiger partial charge on any atom is -0.462 e. The second-order valence-corrected chi connectivity index (χ2v) is 21.7. The SMILES string of the molecule is CCC/C=C\C/C=C\CCCCCCCC(=O)OC(COC(=O)CCCCCCCCCCCCC)COC(=O)CCCCCCCCCCCCCCCCCCCCCCCCCCCCCCC. The van der Waals surface area contributed by atoms with Gasteiger partial charge in [-0.1, -0.05) is 315 Å². The Morgan fingerprint density at radius 3 is 0.831 bits per heavy atom. The van der Waals surface area contributed by atoms with Gasteiger partial charge in [0.15, 0.2) is 6.10 Å². The van der Waals surface area contributed by atoms with Gasteiger partial charge in [-0.3, -0.25) is 14.4 Å². The summed E-state index contributed by atoms with van der Waals surface area (Å²) < 4.78 is 16.9. The van der Waals surface area contributed by atoms with E-state index in [4.69, 9.17) is 14.2 Å². The van der Waals surface area contributed by atoms with E-state index in [0.29, 0.717) is 19.3 Å². The summed E-state index contributed by atoms with van der Waals surface area (Å²) in [7, 11) is 0. The van der Waals surface area contributed by atoms with E-state index in [1.54, 1.807) is 0 Å². The molecule has 0 N–H and O–H groups in total. The Bertz CT molecular complexity index is 1150. The van der Waals surface area contributed by atoms with Gasteiger partial charge in [0.25, 0.3) is 0 Å². The molecule has 0 fully saturated rings. The van der Waals surface area contributed by atoms with E-state index >= 15 is 0 Å². The molecular formula is C65H122O6. The highest BCUT2D eigenvalue weighted by atomic mass is 16.6. The van der Waals surface area contributed by atoms with Crippen molar-refractivity contribution in [2.24, 2.45) is 0 Å². The van der Waals surface area contributed by atoms with Crippen LogP contribution in [0.5, 0.6) is 0 Å². The Morgan fingerprint density at radius 1 is 0.282 bits per heavy atom. The van der Waals surface area contributed by atoms with E-state index in [-0.39, 0.29) is 31.1 Å². The molecule has 0 spiro atoms. The lowest BCUT2D eigenvalue weighted by Gasteiger charge is -2.18. The molecule has 0 aliphatic heterocycles. The Hall–Kier alpha value is -2.11. The summed E-state index contributed by atoms with van der Waals surface area (Å²) in [5, 5.41) is 0. The van der Waals surface area contributed by atoms with Gasteiger partial charge in [0.2, 0.25) is 0 Å². The molecule has 0 aliphatic rings. The van der Waals surface area contributed by atoms with Gasteiger partial charge in [0.05, 0.1) is 0 Å². The average molecular weight is 1000 g/mol. The summed E-state index contributed by atoms with van der Waals surface area (Å²) in [6.45, 7) is 6.61. The molecule has 6 heteroatoms.